The van der Waals surface area contributed by atoms with E-state index in [2.05, 4.69) is 53.4 Å². The number of nitrogens with zero attached hydrogens (tertiary/aromatic N) is 1. The van der Waals surface area contributed by atoms with Crippen LogP contribution in [0.15, 0.2) is 67.0 Å². The summed E-state index contributed by atoms with van der Waals surface area (Å²) in [7, 11) is 0. The summed E-state index contributed by atoms with van der Waals surface area (Å²) in [5.74, 6) is 0. The molecule has 0 atom stereocenters. The van der Waals surface area contributed by atoms with E-state index in [0.29, 0.717) is 0 Å². The van der Waals surface area contributed by atoms with Crippen molar-refractivity contribution in [3.8, 4) is 0 Å². The molecule has 3 heteroatoms. The number of benzene rings is 2. The maximum atomic E-state index is 5.95. The highest BCUT2D eigenvalue weighted by Crippen LogP contribution is 2.18. The molecule has 0 radical (unpaired) electrons. The van der Waals surface area contributed by atoms with Gasteiger partial charge < -0.3 is 22.7 Å². The normalized spacial score (nSPS) is 10.1. The van der Waals surface area contributed by atoms with Crippen molar-refractivity contribution in [2.24, 2.45) is 0 Å². The number of halogens is 1. The van der Waals surface area contributed by atoms with Gasteiger partial charge in [0.2, 0.25) is 0 Å². The number of nitrogen functional groups attached to an aromatic ring is 1. The van der Waals surface area contributed by atoms with Gasteiger partial charge in [-0.25, -0.2) is 4.57 Å². The second-order valence-electron chi connectivity index (χ2n) is 4.45. The molecule has 0 saturated heterocycles. The molecular weight excluding hydrogens is 300 g/mol. The van der Waals surface area contributed by atoms with Crippen LogP contribution >= 0.6 is 0 Å². The molecule has 0 amide bonds. The Hall–Kier alpha value is -1.87. The van der Waals surface area contributed by atoms with Crippen molar-refractivity contribution >= 4 is 16.5 Å². The molecule has 0 aliphatic carbocycles. The van der Waals surface area contributed by atoms with Crippen LogP contribution in [0, 0.1) is 0 Å². The summed E-state index contributed by atoms with van der Waals surface area (Å²) in [6.45, 7) is 0.881. The molecule has 0 spiro atoms. The SMILES string of the molecule is Nc1cccc2c[n+](Cc3ccccc3)ccc12.[Br-]. The molecule has 2 N–H and O–H groups in total. The Kier molecular flexibility index (Phi) is 4.17. The number of hydrogen-bond donors (Lipinski definition) is 1. The lowest BCUT2D eigenvalue weighted by Gasteiger charge is -2.02. The minimum atomic E-state index is 0. The maximum Gasteiger partial charge on any atom is 0.177 e. The van der Waals surface area contributed by atoms with Gasteiger partial charge >= 0.3 is 0 Å². The molecule has 2 nitrogen and oxygen atoms in total. The third-order valence-corrected chi connectivity index (χ3v) is 3.12. The number of aromatic nitrogens is 1. The fourth-order valence-corrected chi connectivity index (χ4v) is 2.19. The van der Waals surface area contributed by atoms with Crippen molar-refractivity contribution in [1.82, 2.24) is 0 Å². The van der Waals surface area contributed by atoms with Crippen molar-refractivity contribution < 1.29 is 21.5 Å². The van der Waals surface area contributed by atoms with Gasteiger partial charge in [0.05, 0.1) is 0 Å². The van der Waals surface area contributed by atoms with Crippen molar-refractivity contribution in [1.29, 1.82) is 0 Å². The summed E-state index contributed by atoms with van der Waals surface area (Å²) >= 11 is 0. The third kappa shape index (κ3) is 2.93. The van der Waals surface area contributed by atoms with Crippen LogP contribution in [0.3, 0.4) is 0 Å². The van der Waals surface area contributed by atoms with Gasteiger partial charge in [0.15, 0.2) is 18.9 Å². The molecule has 1 aromatic heterocycles. The standard InChI is InChI=1S/C16H15N2.BrH/c17-16-8-4-7-14-12-18(10-9-15(14)16)11-13-5-2-1-3-6-13;/h1-10,12H,11,17H2;1H/q+1;/p-1. The molecule has 2 aromatic carbocycles. The first kappa shape index (κ1) is 13.6. The quantitative estimate of drug-likeness (QED) is 0.514. The summed E-state index contributed by atoms with van der Waals surface area (Å²) in [5.41, 5.74) is 8.08. The van der Waals surface area contributed by atoms with Gasteiger partial charge in [-0.3, -0.25) is 0 Å². The second-order valence-corrected chi connectivity index (χ2v) is 4.45. The van der Waals surface area contributed by atoms with Gasteiger partial charge in [0.25, 0.3) is 0 Å². The van der Waals surface area contributed by atoms with Crippen LogP contribution in [0.25, 0.3) is 10.8 Å². The Morgan fingerprint density at radius 3 is 2.47 bits per heavy atom. The molecule has 0 saturated carbocycles. The van der Waals surface area contributed by atoms with Crippen LogP contribution in [0.5, 0.6) is 0 Å². The Morgan fingerprint density at radius 1 is 0.895 bits per heavy atom. The molecule has 0 fully saturated rings. The Morgan fingerprint density at radius 2 is 1.68 bits per heavy atom. The van der Waals surface area contributed by atoms with Gasteiger partial charge in [-0.2, -0.15) is 0 Å². The fourth-order valence-electron chi connectivity index (χ4n) is 2.19. The second kappa shape index (κ2) is 5.85. The minimum Gasteiger partial charge on any atom is -1.00 e. The van der Waals surface area contributed by atoms with Gasteiger partial charge in [-0.1, -0.05) is 36.4 Å². The van der Waals surface area contributed by atoms with Crippen molar-refractivity contribution in [3.63, 3.8) is 0 Å². The largest absolute Gasteiger partial charge is 1.00 e. The van der Waals surface area contributed by atoms with Crippen molar-refractivity contribution in [2.45, 2.75) is 6.54 Å². The zero-order valence-electron chi connectivity index (χ0n) is 10.5. The van der Waals surface area contributed by atoms with E-state index >= 15 is 0 Å². The fraction of sp³-hybridized carbons (Fsp3) is 0.0625. The first-order valence-electron chi connectivity index (χ1n) is 6.04. The number of nitrogens with two attached hydrogens (primary N) is 1. The van der Waals surface area contributed by atoms with Gasteiger partial charge in [0.1, 0.15) is 0 Å². The van der Waals surface area contributed by atoms with Crippen LogP contribution in [0.4, 0.5) is 5.69 Å². The summed E-state index contributed by atoms with van der Waals surface area (Å²) in [4.78, 5) is 0. The Balaban J connectivity index is 0.00000133. The predicted octanol–water partition coefficient (Wildman–Crippen LogP) is -0.238. The van der Waals surface area contributed by atoms with E-state index in [0.717, 1.165) is 17.6 Å². The summed E-state index contributed by atoms with van der Waals surface area (Å²) in [6.07, 6.45) is 4.21. The van der Waals surface area contributed by atoms with Crippen LogP contribution in [0.2, 0.25) is 0 Å². The Labute approximate surface area is 123 Å². The van der Waals surface area contributed by atoms with Crippen molar-refractivity contribution in [2.75, 3.05) is 5.73 Å². The highest BCUT2D eigenvalue weighted by atomic mass is 79.9. The molecule has 96 valence electrons. The van der Waals surface area contributed by atoms with Crippen LogP contribution < -0.4 is 27.3 Å². The van der Waals surface area contributed by atoms with E-state index in [9.17, 15) is 0 Å². The van der Waals surface area contributed by atoms with E-state index in [1.54, 1.807) is 0 Å². The predicted molar refractivity (Wildman–Crippen MR) is 74.1 cm³/mol. The number of pyridine rings is 1. The summed E-state index contributed by atoms with van der Waals surface area (Å²) in [5, 5.41) is 2.29. The highest BCUT2D eigenvalue weighted by molar-refractivity contribution is 5.91. The minimum absolute atomic E-state index is 0. The van der Waals surface area contributed by atoms with Gasteiger partial charge in [0, 0.05) is 28.1 Å². The number of anilines is 1. The summed E-state index contributed by atoms with van der Waals surface area (Å²) in [6, 6.07) is 18.5. The zero-order chi connectivity index (χ0) is 12.4. The zero-order valence-corrected chi connectivity index (χ0v) is 12.0. The average molecular weight is 315 g/mol. The molecule has 3 aromatic rings. The first-order valence-corrected chi connectivity index (χ1v) is 6.04. The lowest BCUT2D eigenvalue weighted by Crippen LogP contribution is -3.00. The van der Waals surface area contributed by atoms with Crippen LogP contribution in [0.1, 0.15) is 5.56 Å². The van der Waals surface area contributed by atoms with Gasteiger partial charge in [-0.15, -0.1) is 0 Å². The molecule has 0 unspecified atom stereocenters. The monoisotopic (exact) mass is 314 g/mol. The van der Waals surface area contributed by atoms with E-state index in [-0.39, 0.29) is 17.0 Å². The van der Waals surface area contributed by atoms with E-state index in [1.807, 2.05) is 18.2 Å². The molecular formula is C16H15BrN2. The van der Waals surface area contributed by atoms with Crippen LogP contribution in [-0.2, 0) is 6.54 Å². The molecule has 19 heavy (non-hydrogen) atoms. The van der Waals surface area contributed by atoms with E-state index in [1.165, 1.54) is 10.9 Å². The number of rotatable bonds is 2. The first-order chi connectivity index (χ1) is 8.83. The molecule has 0 bridgehead atoms. The molecule has 0 aliphatic rings. The lowest BCUT2D eigenvalue weighted by atomic mass is 10.1. The van der Waals surface area contributed by atoms with Crippen molar-refractivity contribution in [3.05, 3.63) is 72.6 Å². The topological polar surface area (TPSA) is 29.9 Å². The molecule has 3 rings (SSSR count). The van der Waals surface area contributed by atoms with Gasteiger partial charge in [-0.05, 0) is 12.1 Å². The average Bonchev–Trinajstić information content (AvgIpc) is 2.40. The Bertz CT molecular complexity index is 681. The molecule has 0 aliphatic heterocycles. The summed E-state index contributed by atoms with van der Waals surface area (Å²) < 4.78 is 2.18. The smallest absolute Gasteiger partial charge is 0.177 e. The highest BCUT2D eigenvalue weighted by Gasteiger charge is 2.05. The maximum absolute atomic E-state index is 5.95. The van der Waals surface area contributed by atoms with Crippen LogP contribution in [-0.4, -0.2) is 0 Å². The third-order valence-electron chi connectivity index (χ3n) is 3.12. The number of hydrogen-bond acceptors (Lipinski definition) is 1. The van der Waals surface area contributed by atoms with E-state index in [4.69, 9.17) is 5.73 Å². The lowest BCUT2D eigenvalue weighted by molar-refractivity contribution is -0.687. The molecule has 1 heterocycles. The van der Waals surface area contributed by atoms with E-state index < -0.39 is 0 Å². The number of fused-ring (bicyclic) bond motifs is 1.